The minimum Gasteiger partial charge on any atom is -0.269 e. The largest absolute Gasteiger partial charge is 0.273 e. The maximum absolute atomic E-state index is 5.62. The molecule has 0 unspecified atom stereocenters. The van der Waals surface area contributed by atoms with Gasteiger partial charge in [0, 0.05) is 22.9 Å². The zero-order valence-electron chi connectivity index (χ0n) is 10.4. The van der Waals surface area contributed by atoms with Crippen molar-refractivity contribution >= 4 is 29.5 Å². The lowest BCUT2D eigenvalue weighted by Gasteiger charge is -2.08. The Bertz CT molecular complexity index is 782. The molecule has 0 aliphatic heterocycles. The number of thioether (sulfide) groups is 1. The molecule has 0 spiro atoms. The van der Waals surface area contributed by atoms with Gasteiger partial charge in [0.05, 0.1) is 0 Å². The van der Waals surface area contributed by atoms with E-state index in [1.807, 2.05) is 70.1 Å². The average molecular weight is 286 g/mol. The molecule has 3 aromatic rings. The van der Waals surface area contributed by atoms with Gasteiger partial charge in [-0.05, 0) is 29.0 Å². The van der Waals surface area contributed by atoms with Crippen molar-refractivity contribution in [2.45, 2.75) is 5.16 Å². The van der Waals surface area contributed by atoms with Gasteiger partial charge < -0.3 is 0 Å². The van der Waals surface area contributed by atoms with E-state index >= 15 is 0 Å². The van der Waals surface area contributed by atoms with Crippen molar-refractivity contribution in [3.05, 3.63) is 59.4 Å². The van der Waals surface area contributed by atoms with Crippen LogP contribution in [0.3, 0.4) is 0 Å². The summed E-state index contributed by atoms with van der Waals surface area (Å²) in [5, 5.41) is 5.48. The Hall–Kier alpha value is -1.72. The van der Waals surface area contributed by atoms with E-state index in [1.54, 1.807) is 11.8 Å². The molecule has 5 heteroatoms. The first-order chi connectivity index (χ1) is 9.31. The Morgan fingerprint density at radius 1 is 1.11 bits per heavy atom. The molecule has 94 valence electrons. The van der Waals surface area contributed by atoms with Crippen molar-refractivity contribution in [1.29, 1.82) is 0 Å². The van der Waals surface area contributed by atoms with Crippen molar-refractivity contribution in [2.24, 2.45) is 0 Å². The molecular formula is C14H12N3S2+. The van der Waals surface area contributed by atoms with Crippen LogP contribution >= 0.6 is 24.0 Å². The third-order valence-electron chi connectivity index (χ3n) is 2.84. The summed E-state index contributed by atoms with van der Waals surface area (Å²) >= 11 is 7.20. The highest BCUT2D eigenvalue weighted by Gasteiger charge is 2.15. The molecule has 0 fully saturated rings. The predicted molar refractivity (Wildman–Crippen MR) is 79.3 cm³/mol. The quantitative estimate of drug-likeness (QED) is 0.410. The zero-order valence-corrected chi connectivity index (χ0v) is 12.0. The van der Waals surface area contributed by atoms with Crippen LogP contribution in [0.2, 0.25) is 0 Å². The van der Waals surface area contributed by atoms with Crippen LogP contribution in [0, 0.1) is 4.64 Å². The summed E-state index contributed by atoms with van der Waals surface area (Å²) in [5.74, 6) is 0. The molecule has 3 nitrogen and oxygen atoms in total. The number of pyridine rings is 1. The van der Waals surface area contributed by atoms with Crippen LogP contribution in [0.5, 0.6) is 0 Å². The highest BCUT2D eigenvalue weighted by molar-refractivity contribution is 7.98. The van der Waals surface area contributed by atoms with Crippen LogP contribution in [-0.2, 0) is 0 Å². The second kappa shape index (κ2) is 5.11. The molecule has 0 saturated carbocycles. The van der Waals surface area contributed by atoms with E-state index < -0.39 is 0 Å². The number of fused-ring (bicyclic) bond motifs is 1. The van der Waals surface area contributed by atoms with Gasteiger partial charge in [0.15, 0.2) is 4.64 Å². The van der Waals surface area contributed by atoms with Crippen LogP contribution in [0.4, 0.5) is 0 Å². The van der Waals surface area contributed by atoms with Crippen molar-refractivity contribution in [3.63, 3.8) is 0 Å². The second-order valence-electron chi connectivity index (χ2n) is 3.99. The van der Waals surface area contributed by atoms with Crippen molar-refractivity contribution in [3.8, 4) is 5.69 Å². The molecule has 0 atom stereocenters. The normalized spacial score (nSPS) is 10.8. The summed E-state index contributed by atoms with van der Waals surface area (Å²) in [6.45, 7) is 0. The number of hydrogen-bond donors (Lipinski definition) is 0. The Balaban J connectivity index is 2.41. The monoisotopic (exact) mass is 286 g/mol. The first-order valence-corrected chi connectivity index (χ1v) is 7.48. The van der Waals surface area contributed by atoms with Crippen LogP contribution < -0.4 is 4.52 Å². The SMILES string of the molecule is CSc1n[n+]2ccccc2c(=S)n1-c1ccccc1. The maximum atomic E-state index is 5.62. The Labute approximate surface area is 120 Å². The molecule has 2 aromatic heterocycles. The van der Waals surface area contributed by atoms with Gasteiger partial charge in [0.2, 0.25) is 11.4 Å². The lowest BCUT2D eigenvalue weighted by molar-refractivity contribution is -0.586. The summed E-state index contributed by atoms with van der Waals surface area (Å²) in [6, 6.07) is 16.0. The van der Waals surface area contributed by atoms with E-state index in [0.29, 0.717) is 0 Å². The third-order valence-corrected chi connectivity index (χ3v) is 3.86. The number of hydrogen-bond acceptors (Lipinski definition) is 3. The number of rotatable bonds is 2. The number of nitrogens with zero attached hydrogens (tertiary/aromatic N) is 3. The summed E-state index contributed by atoms with van der Waals surface area (Å²) < 4.78 is 4.61. The second-order valence-corrected chi connectivity index (χ2v) is 5.15. The first kappa shape index (κ1) is 12.3. The standard InChI is InChI=1S/C14H12N3S2/c1-19-14-15-16-10-6-5-9-12(16)13(18)17(14)11-7-3-2-4-8-11/h2-10H,1H3/q+1. The van der Waals surface area contributed by atoms with Gasteiger partial charge in [-0.2, -0.15) is 0 Å². The molecule has 0 aliphatic rings. The molecule has 0 amide bonds. The topological polar surface area (TPSA) is 21.9 Å². The summed E-state index contributed by atoms with van der Waals surface area (Å²) in [6.07, 6.45) is 3.92. The minimum absolute atomic E-state index is 0.770. The fourth-order valence-corrected chi connectivity index (χ4v) is 2.93. The maximum Gasteiger partial charge on any atom is 0.273 e. The van der Waals surface area contributed by atoms with Crippen molar-refractivity contribution in [2.75, 3.05) is 6.26 Å². The predicted octanol–water partition coefficient (Wildman–Crippen LogP) is 3.06. The molecular weight excluding hydrogens is 274 g/mol. The smallest absolute Gasteiger partial charge is 0.269 e. The van der Waals surface area contributed by atoms with Gasteiger partial charge in [-0.3, -0.25) is 4.57 Å². The summed E-state index contributed by atoms with van der Waals surface area (Å²) in [7, 11) is 0. The average Bonchev–Trinajstić information content (AvgIpc) is 2.48. The first-order valence-electron chi connectivity index (χ1n) is 5.84. The van der Waals surface area contributed by atoms with E-state index in [0.717, 1.165) is 21.0 Å². The fraction of sp³-hybridized carbons (Fsp3) is 0.0714. The lowest BCUT2D eigenvalue weighted by atomic mass is 10.3. The number of para-hydroxylation sites is 1. The number of aromatic nitrogens is 3. The molecule has 0 saturated heterocycles. The molecule has 0 aliphatic carbocycles. The van der Waals surface area contributed by atoms with E-state index in [-0.39, 0.29) is 0 Å². The van der Waals surface area contributed by atoms with Crippen LogP contribution in [-0.4, -0.2) is 15.9 Å². The molecule has 0 radical (unpaired) electrons. The van der Waals surface area contributed by atoms with Crippen molar-refractivity contribution < 1.29 is 4.52 Å². The Morgan fingerprint density at radius 2 is 1.84 bits per heavy atom. The molecule has 2 heterocycles. The Morgan fingerprint density at radius 3 is 2.58 bits per heavy atom. The van der Waals surface area contributed by atoms with Gasteiger partial charge in [0.25, 0.3) is 5.52 Å². The van der Waals surface area contributed by atoms with Crippen molar-refractivity contribution in [1.82, 2.24) is 9.67 Å². The lowest BCUT2D eigenvalue weighted by Crippen LogP contribution is -2.29. The van der Waals surface area contributed by atoms with Gasteiger partial charge in [-0.1, -0.05) is 42.2 Å². The fourth-order valence-electron chi connectivity index (χ4n) is 1.97. The molecule has 0 N–H and O–H groups in total. The van der Waals surface area contributed by atoms with Gasteiger partial charge in [0.1, 0.15) is 0 Å². The number of benzene rings is 1. The van der Waals surface area contributed by atoms with Crippen LogP contribution in [0.25, 0.3) is 11.2 Å². The molecule has 3 rings (SSSR count). The van der Waals surface area contributed by atoms with E-state index in [4.69, 9.17) is 12.2 Å². The zero-order chi connectivity index (χ0) is 13.2. The van der Waals surface area contributed by atoms with Gasteiger partial charge >= 0.3 is 0 Å². The van der Waals surface area contributed by atoms with Gasteiger partial charge in [-0.15, -0.1) is 0 Å². The Kier molecular flexibility index (Phi) is 3.31. The van der Waals surface area contributed by atoms with E-state index in [2.05, 4.69) is 5.10 Å². The van der Waals surface area contributed by atoms with E-state index in [1.165, 1.54) is 0 Å². The van der Waals surface area contributed by atoms with Crippen LogP contribution in [0.15, 0.2) is 59.9 Å². The van der Waals surface area contributed by atoms with E-state index in [9.17, 15) is 0 Å². The summed E-state index contributed by atoms with van der Waals surface area (Å²) in [5.41, 5.74) is 1.97. The molecule has 19 heavy (non-hydrogen) atoms. The molecule has 1 aromatic carbocycles. The summed E-state index contributed by atoms with van der Waals surface area (Å²) in [4.78, 5) is 0. The highest BCUT2D eigenvalue weighted by Crippen LogP contribution is 2.18. The highest BCUT2D eigenvalue weighted by atomic mass is 32.2. The van der Waals surface area contributed by atoms with Gasteiger partial charge in [-0.25, -0.2) is 0 Å². The minimum atomic E-state index is 0.770. The van der Waals surface area contributed by atoms with Crippen LogP contribution in [0.1, 0.15) is 0 Å². The third kappa shape index (κ3) is 2.15. The molecule has 0 bridgehead atoms.